The Bertz CT molecular complexity index is 3100. The summed E-state index contributed by atoms with van der Waals surface area (Å²) >= 11 is 0. The number of H-pyrrole nitrogens is 1. The maximum absolute atomic E-state index is 12.2. The van der Waals surface area contributed by atoms with Crippen LogP contribution in [-0.4, -0.2) is 46.2 Å². The maximum atomic E-state index is 12.2. The number of hydrogen-bond acceptors (Lipinski definition) is 6. The lowest BCUT2D eigenvalue weighted by molar-refractivity contribution is 0.404. The molecule has 0 fully saturated rings. The van der Waals surface area contributed by atoms with Crippen LogP contribution in [0.15, 0.2) is 138 Å². The fourth-order valence-corrected chi connectivity index (χ4v) is 7.74. The zero-order valence-electron chi connectivity index (χ0n) is 30.0. The van der Waals surface area contributed by atoms with Crippen molar-refractivity contribution in [2.24, 2.45) is 0 Å². The summed E-state index contributed by atoms with van der Waals surface area (Å²) in [6, 6.07) is 39.8. The minimum absolute atomic E-state index is 0.00988. The van der Waals surface area contributed by atoms with Gasteiger partial charge in [0.05, 0.1) is 11.1 Å². The van der Waals surface area contributed by atoms with Crippen molar-refractivity contribution < 1.29 is 29.9 Å². The number of aryl methyl sites for hydroxylation is 1. The largest absolute Gasteiger partial charge is 0.508 e. The summed E-state index contributed by atoms with van der Waals surface area (Å²) in [5.41, 5.74) is 4.36. The van der Waals surface area contributed by atoms with Gasteiger partial charge in [0.1, 0.15) is 38.5 Å². The number of fused-ring (bicyclic) bond motifs is 6. The number of hydrogen-bond donors (Lipinski definition) is 6. The molecule has 2 aromatic heterocycles. The molecule has 9 heteroatoms. The first-order chi connectivity index (χ1) is 27.1. The van der Waals surface area contributed by atoms with Gasteiger partial charge in [0.25, 0.3) is 0 Å². The second-order valence-corrected chi connectivity index (χ2v) is 13.8. The van der Waals surface area contributed by atoms with E-state index < -0.39 is 23.0 Å². The summed E-state index contributed by atoms with van der Waals surface area (Å²) < 4.78 is 5.98. The molecule has 0 unspecified atom stereocenters. The number of rotatable bonds is 3. The van der Waals surface area contributed by atoms with E-state index in [2.05, 4.69) is 53.5 Å². The molecule has 10 rings (SSSR count). The third-order valence-electron chi connectivity index (χ3n) is 10.5. The van der Waals surface area contributed by atoms with Gasteiger partial charge in [0.2, 0.25) is 0 Å². The van der Waals surface area contributed by atoms with Crippen LogP contribution in [-0.2, 0) is 0 Å². The zero-order chi connectivity index (χ0) is 38.8. The standard InChI is InChI=1S/C37H23B2NO6.C10H8/c1-16-7-9-18(10-8-16)23-27-28(35(43)31(39)30(38)34(27)42)24(19-11-12-21-20(15-19)32-22(46-21)13-14-40-32)26-29(23)37(45)36(44)25(33(26)41)17-5-3-2-4-6-17;1-2-6-10-8-4-3-7-9(10)5-1/h2-15,40-45H,1H3;1-8H. The molecule has 0 amide bonds. The van der Waals surface area contributed by atoms with Crippen LogP contribution in [0.25, 0.3) is 87.8 Å². The molecule has 8 aromatic carbocycles. The van der Waals surface area contributed by atoms with E-state index >= 15 is 0 Å². The predicted octanol–water partition coefficient (Wildman–Crippen LogP) is 9.49. The Kier molecular flexibility index (Phi) is 8.17. The first-order valence-corrected chi connectivity index (χ1v) is 17.9. The van der Waals surface area contributed by atoms with E-state index in [1.54, 1.807) is 60.8 Å². The minimum atomic E-state index is -0.555. The summed E-state index contributed by atoms with van der Waals surface area (Å²) in [4.78, 5) is 3.18. The predicted molar refractivity (Wildman–Crippen MR) is 227 cm³/mol. The number of benzene rings is 8. The molecule has 0 spiro atoms. The van der Waals surface area contributed by atoms with Crippen molar-refractivity contribution in [2.75, 3.05) is 0 Å². The van der Waals surface area contributed by atoms with E-state index in [1.807, 2.05) is 31.2 Å². The normalized spacial score (nSPS) is 11.4. The third kappa shape index (κ3) is 5.31. The van der Waals surface area contributed by atoms with Crippen LogP contribution in [0.2, 0.25) is 0 Å². The Balaban J connectivity index is 0.000000355. The Morgan fingerprint density at radius 2 is 0.964 bits per heavy atom. The van der Waals surface area contributed by atoms with Gasteiger partial charge in [-0.15, -0.1) is 0 Å². The van der Waals surface area contributed by atoms with E-state index in [4.69, 9.17) is 20.1 Å². The molecule has 0 saturated carbocycles. The summed E-state index contributed by atoms with van der Waals surface area (Å²) in [7, 11) is 12.5. The fourth-order valence-electron chi connectivity index (χ4n) is 7.74. The van der Waals surface area contributed by atoms with E-state index in [9.17, 15) is 25.5 Å². The monoisotopic (exact) mass is 727 g/mol. The van der Waals surface area contributed by atoms with Gasteiger partial charge in [-0.1, -0.05) is 126 Å². The molecule has 7 nitrogen and oxygen atoms in total. The first kappa shape index (κ1) is 34.5. The van der Waals surface area contributed by atoms with Crippen molar-refractivity contribution in [3.63, 3.8) is 0 Å². The Morgan fingerprint density at radius 3 is 1.57 bits per heavy atom. The van der Waals surface area contributed by atoms with Crippen molar-refractivity contribution in [1.82, 2.24) is 4.98 Å². The topological polar surface area (TPSA) is 130 Å². The number of furan rings is 1. The molecule has 0 bridgehead atoms. The highest BCUT2D eigenvalue weighted by Crippen LogP contribution is 2.58. The van der Waals surface area contributed by atoms with E-state index in [0.717, 1.165) is 16.5 Å². The summed E-state index contributed by atoms with van der Waals surface area (Å²) in [6.07, 6.45) is 1.76. The number of nitrogens with one attached hydrogen (secondary N) is 1. The second kappa shape index (κ2) is 13.2. The van der Waals surface area contributed by atoms with Gasteiger partial charge in [-0.3, -0.25) is 0 Å². The number of aromatic hydroxyl groups is 5. The van der Waals surface area contributed by atoms with Gasteiger partial charge < -0.3 is 34.9 Å². The van der Waals surface area contributed by atoms with Crippen molar-refractivity contribution in [1.29, 1.82) is 0 Å². The van der Waals surface area contributed by atoms with Crippen molar-refractivity contribution in [3.8, 4) is 62.1 Å². The van der Waals surface area contributed by atoms with Crippen LogP contribution in [0.3, 0.4) is 0 Å². The SMILES string of the molecule is [B]c1c([B])c(O)c2c(-c3ccc4oc5cc[nH]c5c4c3)c3c(O)c(-c4ccccc4)c(O)c(O)c3c(-c3ccc(C)cc3)c2c1O.c1ccc2ccccc2c1. The van der Waals surface area contributed by atoms with Crippen LogP contribution in [0.4, 0.5) is 0 Å². The minimum Gasteiger partial charge on any atom is -0.508 e. The highest BCUT2D eigenvalue weighted by atomic mass is 16.3. The molecule has 0 saturated heterocycles. The molecule has 10 aromatic rings. The lowest BCUT2D eigenvalue weighted by Gasteiger charge is -2.24. The van der Waals surface area contributed by atoms with Gasteiger partial charge in [-0.05, 0) is 52.6 Å². The van der Waals surface area contributed by atoms with Crippen LogP contribution in [0.5, 0.6) is 28.7 Å². The van der Waals surface area contributed by atoms with Crippen molar-refractivity contribution in [2.45, 2.75) is 6.92 Å². The lowest BCUT2D eigenvalue weighted by Crippen LogP contribution is -2.26. The maximum Gasteiger partial charge on any atom is 0.169 e. The average molecular weight is 727 g/mol. The van der Waals surface area contributed by atoms with Crippen molar-refractivity contribution in [3.05, 3.63) is 139 Å². The summed E-state index contributed by atoms with van der Waals surface area (Å²) in [5, 5.41) is 62.7. The van der Waals surface area contributed by atoms with Gasteiger partial charge in [-0.25, -0.2) is 0 Å². The molecule has 0 atom stereocenters. The van der Waals surface area contributed by atoms with Crippen LogP contribution in [0, 0.1) is 6.92 Å². The third-order valence-corrected chi connectivity index (χ3v) is 10.5. The van der Waals surface area contributed by atoms with Gasteiger partial charge in [-0.2, -0.15) is 0 Å². The fraction of sp³-hybridized carbons (Fsp3) is 0.0213. The number of phenols is 5. The highest BCUT2D eigenvalue weighted by Gasteiger charge is 2.31. The summed E-state index contributed by atoms with van der Waals surface area (Å²) in [6.45, 7) is 1.92. The Hall–Kier alpha value is -7.25. The average Bonchev–Trinajstić information content (AvgIpc) is 3.83. The molecule has 0 aliphatic carbocycles. The molecule has 266 valence electrons. The molecular formula is C47H31B2NO6. The van der Waals surface area contributed by atoms with Crippen molar-refractivity contribution >= 4 is 81.0 Å². The lowest BCUT2D eigenvalue weighted by atomic mass is 9.74. The van der Waals surface area contributed by atoms with E-state index in [-0.39, 0.29) is 54.9 Å². The molecule has 56 heavy (non-hydrogen) atoms. The van der Waals surface area contributed by atoms with Gasteiger partial charge in [0, 0.05) is 44.3 Å². The molecule has 0 aliphatic heterocycles. The highest BCUT2D eigenvalue weighted by molar-refractivity contribution is 6.53. The summed E-state index contributed by atoms with van der Waals surface area (Å²) in [5.74, 6) is -2.28. The van der Waals surface area contributed by atoms with E-state index in [0.29, 0.717) is 27.9 Å². The quantitative estimate of drug-likeness (QED) is 0.0466. The number of aromatic amines is 1. The first-order valence-electron chi connectivity index (χ1n) is 17.9. The molecule has 6 N–H and O–H groups in total. The van der Waals surface area contributed by atoms with Gasteiger partial charge in [0.15, 0.2) is 17.1 Å². The zero-order valence-corrected chi connectivity index (χ0v) is 30.0. The Morgan fingerprint density at radius 1 is 0.464 bits per heavy atom. The van der Waals surface area contributed by atoms with Crippen LogP contribution < -0.4 is 10.9 Å². The smallest absolute Gasteiger partial charge is 0.169 e. The second-order valence-electron chi connectivity index (χ2n) is 13.8. The molecule has 2 heterocycles. The number of phenolic OH excluding ortho intramolecular Hbond substituents is 5. The van der Waals surface area contributed by atoms with Crippen LogP contribution >= 0.6 is 0 Å². The molecular weight excluding hydrogens is 696 g/mol. The van der Waals surface area contributed by atoms with Gasteiger partial charge >= 0.3 is 0 Å². The Labute approximate surface area is 323 Å². The molecule has 4 radical (unpaired) electrons. The van der Waals surface area contributed by atoms with Crippen LogP contribution in [0.1, 0.15) is 5.56 Å². The molecule has 0 aliphatic rings. The van der Waals surface area contributed by atoms with E-state index in [1.165, 1.54) is 10.8 Å². The number of aromatic nitrogens is 1.